The summed E-state index contributed by atoms with van der Waals surface area (Å²) in [6, 6.07) is 24.9. The number of hydrogen-bond donors (Lipinski definition) is 2. The van der Waals surface area contributed by atoms with Gasteiger partial charge in [0.1, 0.15) is 0 Å². The lowest BCUT2D eigenvalue weighted by atomic mass is 10.0. The average molecular weight is 415 g/mol. The number of hydrazone groups is 1. The van der Waals surface area contributed by atoms with Crippen molar-refractivity contribution >= 4 is 39.8 Å². The number of anilines is 1. The van der Waals surface area contributed by atoms with Gasteiger partial charge < -0.3 is 9.88 Å². The highest BCUT2D eigenvalue weighted by atomic mass is 35.5. The van der Waals surface area contributed by atoms with Gasteiger partial charge in [-0.25, -0.2) is 0 Å². The fraction of sp³-hybridized carbons (Fsp3) is 0.0833. The Morgan fingerprint density at radius 2 is 1.67 bits per heavy atom. The van der Waals surface area contributed by atoms with E-state index in [0.717, 1.165) is 33.6 Å². The van der Waals surface area contributed by atoms with Crippen LogP contribution in [-0.2, 0) is 6.54 Å². The zero-order valence-corrected chi connectivity index (χ0v) is 16.9. The van der Waals surface area contributed by atoms with Crippen molar-refractivity contribution in [3.63, 3.8) is 0 Å². The number of para-hydroxylation sites is 1. The van der Waals surface area contributed by atoms with E-state index in [4.69, 9.17) is 11.6 Å². The number of aromatic nitrogens is 1. The van der Waals surface area contributed by atoms with Crippen molar-refractivity contribution in [3.05, 3.63) is 101 Å². The number of carbonyl (C=O) groups is 1. The van der Waals surface area contributed by atoms with Crippen molar-refractivity contribution in [2.75, 3.05) is 12.0 Å². The maximum atomic E-state index is 13.1. The first-order valence-electron chi connectivity index (χ1n) is 9.71. The van der Waals surface area contributed by atoms with Crippen LogP contribution in [0.3, 0.4) is 0 Å². The third-order valence-corrected chi connectivity index (χ3v) is 5.49. The predicted octanol–water partition coefficient (Wildman–Crippen LogP) is 5.29. The van der Waals surface area contributed by atoms with Crippen molar-refractivity contribution in [1.29, 1.82) is 0 Å². The Kier molecular flexibility index (Phi) is 4.73. The van der Waals surface area contributed by atoms with E-state index in [0.29, 0.717) is 23.7 Å². The summed E-state index contributed by atoms with van der Waals surface area (Å²) in [5.74, 6) is -0.0147. The Labute approximate surface area is 179 Å². The molecule has 0 bridgehead atoms. The lowest BCUT2D eigenvalue weighted by molar-refractivity contribution is 0.0763. The molecule has 2 N–H and O–H groups in total. The summed E-state index contributed by atoms with van der Waals surface area (Å²) < 4.78 is 0. The Balaban J connectivity index is 1.54. The van der Waals surface area contributed by atoms with E-state index in [2.05, 4.69) is 21.6 Å². The van der Waals surface area contributed by atoms with E-state index in [1.807, 2.05) is 77.7 Å². The standard InChI is InChI=1S/C24H19ClN4O/c25-17-10-12-18(13-11-17)27-28-22-15-29(24(30)16-6-2-1-3-7-16)14-21-23(22)19-8-4-5-9-20(19)26-21/h1-13,26-27H,14-15H2/b28-22-. The summed E-state index contributed by atoms with van der Waals surface area (Å²) in [5, 5.41) is 6.46. The van der Waals surface area contributed by atoms with Gasteiger partial charge in [0, 0.05) is 32.7 Å². The lowest BCUT2D eigenvalue weighted by Crippen LogP contribution is -2.40. The van der Waals surface area contributed by atoms with Crippen LogP contribution in [-0.4, -0.2) is 28.0 Å². The number of benzene rings is 3. The number of nitrogens with zero attached hydrogens (tertiary/aromatic N) is 2. The molecule has 148 valence electrons. The fourth-order valence-corrected chi connectivity index (χ4v) is 3.93. The molecule has 0 atom stereocenters. The summed E-state index contributed by atoms with van der Waals surface area (Å²) in [4.78, 5) is 18.4. The van der Waals surface area contributed by atoms with Gasteiger partial charge >= 0.3 is 0 Å². The molecule has 0 aliphatic carbocycles. The first kappa shape index (κ1) is 18.5. The number of carbonyl (C=O) groups excluding carboxylic acids is 1. The number of H-pyrrole nitrogens is 1. The van der Waals surface area contributed by atoms with Crippen LogP contribution in [0, 0.1) is 0 Å². The van der Waals surface area contributed by atoms with Gasteiger partial charge in [-0.1, -0.05) is 48.0 Å². The number of hydrogen-bond acceptors (Lipinski definition) is 3. The average Bonchev–Trinajstić information content (AvgIpc) is 3.17. The van der Waals surface area contributed by atoms with Crippen LogP contribution in [0.1, 0.15) is 21.6 Å². The third kappa shape index (κ3) is 3.44. The van der Waals surface area contributed by atoms with Gasteiger partial charge in [0.15, 0.2) is 0 Å². The molecular weight excluding hydrogens is 396 g/mol. The second kappa shape index (κ2) is 7.69. The minimum atomic E-state index is -0.0147. The molecule has 5 nitrogen and oxygen atoms in total. The van der Waals surface area contributed by atoms with Crippen molar-refractivity contribution in [1.82, 2.24) is 9.88 Å². The van der Waals surface area contributed by atoms with Crippen molar-refractivity contribution in [3.8, 4) is 0 Å². The van der Waals surface area contributed by atoms with Gasteiger partial charge in [-0.2, -0.15) is 5.10 Å². The second-order valence-electron chi connectivity index (χ2n) is 7.23. The van der Waals surface area contributed by atoms with Crippen LogP contribution in [0.4, 0.5) is 5.69 Å². The summed E-state index contributed by atoms with van der Waals surface area (Å²) >= 11 is 5.98. The van der Waals surface area contributed by atoms with E-state index in [1.165, 1.54) is 0 Å². The molecule has 1 amide bonds. The number of aromatic amines is 1. The number of nitrogens with one attached hydrogen (secondary N) is 2. The minimum absolute atomic E-state index is 0.0147. The van der Waals surface area contributed by atoms with Crippen LogP contribution in [0.15, 0.2) is 84.0 Å². The largest absolute Gasteiger partial charge is 0.356 e. The minimum Gasteiger partial charge on any atom is -0.356 e. The molecule has 1 aliphatic heterocycles. The van der Waals surface area contributed by atoms with Crippen molar-refractivity contribution < 1.29 is 4.79 Å². The predicted molar refractivity (Wildman–Crippen MR) is 121 cm³/mol. The number of fused-ring (bicyclic) bond motifs is 3. The topological polar surface area (TPSA) is 60.5 Å². The summed E-state index contributed by atoms with van der Waals surface area (Å²) in [6.07, 6.45) is 0. The molecule has 0 unspecified atom stereocenters. The van der Waals surface area contributed by atoms with Gasteiger partial charge in [-0.15, -0.1) is 0 Å². The maximum absolute atomic E-state index is 13.1. The Bertz CT molecular complexity index is 1250. The van der Waals surface area contributed by atoms with Crippen LogP contribution >= 0.6 is 11.6 Å². The van der Waals surface area contributed by atoms with E-state index in [9.17, 15) is 4.79 Å². The normalized spacial score (nSPS) is 14.7. The molecular formula is C24H19ClN4O. The summed E-state index contributed by atoms with van der Waals surface area (Å²) in [7, 11) is 0. The molecule has 1 aliphatic rings. The Hall–Kier alpha value is -3.57. The van der Waals surface area contributed by atoms with Gasteiger partial charge in [0.25, 0.3) is 5.91 Å². The molecule has 5 rings (SSSR count). The first-order chi connectivity index (χ1) is 14.7. The van der Waals surface area contributed by atoms with Crippen LogP contribution in [0.25, 0.3) is 10.9 Å². The van der Waals surface area contributed by atoms with Crippen molar-refractivity contribution in [2.24, 2.45) is 5.10 Å². The van der Waals surface area contributed by atoms with Crippen LogP contribution < -0.4 is 5.43 Å². The molecule has 0 radical (unpaired) electrons. The molecule has 30 heavy (non-hydrogen) atoms. The third-order valence-electron chi connectivity index (χ3n) is 5.23. The molecule has 0 fully saturated rings. The highest BCUT2D eigenvalue weighted by Crippen LogP contribution is 2.29. The first-order valence-corrected chi connectivity index (χ1v) is 10.1. The molecule has 1 aromatic heterocycles. The molecule has 0 spiro atoms. The molecule has 3 aromatic carbocycles. The van der Waals surface area contributed by atoms with Gasteiger partial charge in [0.05, 0.1) is 24.5 Å². The zero-order chi connectivity index (χ0) is 20.5. The van der Waals surface area contributed by atoms with E-state index >= 15 is 0 Å². The quantitative estimate of drug-likeness (QED) is 0.447. The molecule has 0 saturated heterocycles. The Morgan fingerprint density at radius 1 is 0.933 bits per heavy atom. The van der Waals surface area contributed by atoms with Gasteiger partial charge in [-0.3, -0.25) is 10.2 Å². The monoisotopic (exact) mass is 414 g/mol. The van der Waals surface area contributed by atoms with Crippen LogP contribution in [0.2, 0.25) is 5.02 Å². The molecule has 0 saturated carbocycles. The van der Waals surface area contributed by atoms with Gasteiger partial charge in [-0.05, 0) is 42.5 Å². The fourth-order valence-electron chi connectivity index (χ4n) is 3.81. The van der Waals surface area contributed by atoms with E-state index in [1.54, 1.807) is 0 Å². The number of rotatable bonds is 3. The van der Waals surface area contributed by atoms with E-state index in [-0.39, 0.29) is 5.91 Å². The van der Waals surface area contributed by atoms with E-state index < -0.39 is 0 Å². The second-order valence-corrected chi connectivity index (χ2v) is 7.67. The van der Waals surface area contributed by atoms with Crippen molar-refractivity contribution in [2.45, 2.75) is 6.54 Å². The van der Waals surface area contributed by atoms with Gasteiger partial charge in [0.2, 0.25) is 0 Å². The summed E-state index contributed by atoms with van der Waals surface area (Å²) in [5.41, 5.74) is 8.51. The zero-order valence-electron chi connectivity index (χ0n) is 16.1. The summed E-state index contributed by atoms with van der Waals surface area (Å²) in [6.45, 7) is 0.931. The highest BCUT2D eigenvalue weighted by molar-refractivity contribution is 6.30. The molecule has 4 aromatic rings. The number of amides is 1. The smallest absolute Gasteiger partial charge is 0.254 e. The number of halogens is 1. The SMILES string of the molecule is O=C(c1ccccc1)N1C/C(=N/Nc2ccc(Cl)cc2)c2c([nH]c3ccccc23)C1. The Morgan fingerprint density at radius 3 is 2.47 bits per heavy atom. The maximum Gasteiger partial charge on any atom is 0.254 e. The molecule has 6 heteroatoms. The molecule has 2 heterocycles. The highest BCUT2D eigenvalue weighted by Gasteiger charge is 2.29. The lowest BCUT2D eigenvalue weighted by Gasteiger charge is -2.28. The van der Waals surface area contributed by atoms with Crippen LogP contribution in [0.5, 0.6) is 0 Å².